The first-order valence-electron chi connectivity index (χ1n) is 7.64. The minimum atomic E-state index is -3.96. The lowest BCUT2D eigenvalue weighted by Crippen LogP contribution is -2.50. The number of pyridine rings is 2. The molecule has 2 N–H and O–H groups in total. The van der Waals surface area contributed by atoms with Gasteiger partial charge >= 0.3 is 0 Å². The fourth-order valence-electron chi connectivity index (χ4n) is 2.42. The molecule has 146 valence electrons. The Morgan fingerprint density at radius 3 is 2.56 bits per heavy atom. The largest absolute Gasteiger partial charge is 0.312 e. The van der Waals surface area contributed by atoms with E-state index in [-0.39, 0.29) is 17.7 Å². The summed E-state index contributed by atoms with van der Waals surface area (Å²) < 4.78 is 50.3. The van der Waals surface area contributed by atoms with Gasteiger partial charge < -0.3 is 4.57 Å². The second kappa shape index (κ2) is 7.53. The molecule has 2 rings (SSSR count). The van der Waals surface area contributed by atoms with E-state index in [0.29, 0.717) is 0 Å². The van der Waals surface area contributed by atoms with E-state index in [4.69, 9.17) is 5.21 Å². The fourth-order valence-corrected chi connectivity index (χ4v) is 3.26. The van der Waals surface area contributed by atoms with Crippen LogP contribution >= 0.6 is 0 Å². The number of nitrogens with one attached hydrogen (secondary N) is 1. The molecule has 0 radical (unpaired) electrons. The van der Waals surface area contributed by atoms with Crippen molar-refractivity contribution in [1.82, 2.24) is 15.0 Å². The van der Waals surface area contributed by atoms with E-state index >= 15 is 0 Å². The van der Waals surface area contributed by atoms with Gasteiger partial charge in [-0.1, -0.05) is 0 Å². The van der Waals surface area contributed by atoms with Gasteiger partial charge in [-0.15, -0.1) is 0 Å². The number of hydrogen-bond donors (Lipinski definition) is 2. The van der Waals surface area contributed by atoms with Crippen molar-refractivity contribution >= 4 is 15.7 Å². The normalized spacial score (nSPS) is 13.8. The van der Waals surface area contributed by atoms with Crippen molar-refractivity contribution in [3.8, 4) is 11.1 Å². The standard InChI is InChI=1S/C16H17F2N3O5S/c1-16(15(23)20-24,27(2,25)26)3-4-21-9-13(18)12(6-14(21)22)10-5-11(17)8-19-7-10/h5-9,24H,3-4H2,1-2H3,(H,20,23). The lowest BCUT2D eigenvalue weighted by molar-refractivity contribution is -0.131. The van der Waals surface area contributed by atoms with Crippen molar-refractivity contribution in [3.63, 3.8) is 0 Å². The highest BCUT2D eigenvalue weighted by Gasteiger charge is 2.43. The summed E-state index contributed by atoms with van der Waals surface area (Å²) in [6, 6.07) is 1.94. The van der Waals surface area contributed by atoms with E-state index in [1.807, 2.05) is 0 Å². The topological polar surface area (TPSA) is 118 Å². The third-order valence-electron chi connectivity index (χ3n) is 4.32. The van der Waals surface area contributed by atoms with Crippen molar-refractivity contribution in [2.45, 2.75) is 24.6 Å². The van der Waals surface area contributed by atoms with E-state index in [0.717, 1.165) is 42.3 Å². The Morgan fingerprint density at radius 2 is 2.00 bits per heavy atom. The van der Waals surface area contributed by atoms with Gasteiger partial charge in [0.05, 0.1) is 6.20 Å². The van der Waals surface area contributed by atoms with Crippen LogP contribution in [0.3, 0.4) is 0 Å². The number of aryl methyl sites for hydroxylation is 1. The van der Waals surface area contributed by atoms with Gasteiger partial charge in [-0.25, -0.2) is 22.7 Å². The van der Waals surface area contributed by atoms with Gasteiger partial charge in [0.1, 0.15) is 11.6 Å². The monoisotopic (exact) mass is 401 g/mol. The molecule has 27 heavy (non-hydrogen) atoms. The Kier molecular flexibility index (Phi) is 5.76. The molecular formula is C16H17F2N3O5S. The number of amides is 1. The summed E-state index contributed by atoms with van der Waals surface area (Å²) in [6.45, 7) is 0.774. The highest BCUT2D eigenvalue weighted by molar-refractivity contribution is 7.92. The van der Waals surface area contributed by atoms with Crippen molar-refractivity contribution in [2.75, 3.05) is 6.26 Å². The summed E-state index contributed by atoms with van der Waals surface area (Å²) in [5, 5.41) is 8.79. The van der Waals surface area contributed by atoms with Crippen LogP contribution in [-0.2, 0) is 21.2 Å². The van der Waals surface area contributed by atoms with Crippen LogP contribution in [0.15, 0.2) is 35.5 Å². The van der Waals surface area contributed by atoms with Crippen molar-refractivity contribution in [2.24, 2.45) is 0 Å². The SMILES string of the molecule is CC(CCn1cc(F)c(-c2cncc(F)c2)cc1=O)(C(=O)NO)S(C)(=O)=O. The number of carbonyl (C=O) groups is 1. The maximum Gasteiger partial charge on any atom is 0.264 e. The fraction of sp³-hybridized carbons (Fsp3) is 0.312. The van der Waals surface area contributed by atoms with Gasteiger partial charge in [0, 0.05) is 42.4 Å². The van der Waals surface area contributed by atoms with Gasteiger partial charge in [-0.05, 0) is 19.4 Å². The molecule has 0 aliphatic rings. The van der Waals surface area contributed by atoms with Crippen LogP contribution in [0.4, 0.5) is 8.78 Å². The van der Waals surface area contributed by atoms with Crippen LogP contribution in [0.1, 0.15) is 13.3 Å². The third kappa shape index (κ3) is 4.19. The molecule has 8 nitrogen and oxygen atoms in total. The van der Waals surface area contributed by atoms with E-state index < -0.39 is 44.1 Å². The maximum absolute atomic E-state index is 14.4. The van der Waals surface area contributed by atoms with Gasteiger partial charge in [0.15, 0.2) is 14.6 Å². The average molecular weight is 401 g/mol. The summed E-state index contributed by atoms with van der Waals surface area (Å²) in [7, 11) is -3.96. The van der Waals surface area contributed by atoms with Crippen LogP contribution in [0.5, 0.6) is 0 Å². The van der Waals surface area contributed by atoms with E-state index in [2.05, 4.69) is 4.98 Å². The molecule has 0 bridgehead atoms. The Hall–Kier alpha value is -2.66. The van der Waals surface area contributed by atoms with Crippen molar-refractivity contribution in [1.29, 1.82) is 0 Å². The number of hydroxylamine groups is 1. The Labute approximate surface area is 153 Å². The van der Waals surface area contributed by atoms with Crippen molar-refractivity contribution in [3.05, 3.63) is 52.7 Å². The predicted molar refractivity (Wildman–Crippen MR) is 91.6 cm³/mol. The number of halogens is 2. The summed E-state index contributed by atoms with van der Waals surface area (Å²) in [5.41, 5.74) is 0.506. The molecule has 0 fully saturated rings. The number of aromatic nitrogens is 2. The first-order chi connectivity index (χ1) is 12.5. The molecule has 0 aliphatic heterocycles. The summed E-state index contributed by atoms with van der Waals surface area (Å²) in [6.07, 6.45) is 3.38. The smallest absolute Gasteiger partial charge is 0.264 e. The van der Waals surface area contributed by atoms with E-state index in [9.17, 15) is 26.8 Å². The highest BCUT2D eigenvalue weighted by atomic mass is 32.2. The molecule has 1 atom stereocenters. The number of nitrogens with zero attached hydrogens (tertiary/aromatic N) is 2. The maximum atomic E-state index is 14.4. The van der Waals surface area contributed by atoms with Gasteiger partial charge in [-0.3, -0.25) is 19.8 Å². The lowest BCUT2D eigenvalue weighted by atomic mass is 10.1. The van der Waals surface area contributed by atoms with Crippen LogP contribution in [0.25, 0.3) is 11.1 Å². The Morgan fingerprint density at radius 1 is 1.33 bits per heavy atom. The minimum Gasteiger partial charge on any atom is -0.312 e. The summed E-state index contributed by atoms with van der Waals surface area (Å²) in [4.78, 5) is 27.6. The molecule has 0 saturated carbocycles. The summed E-state index contributed by atoms with van der Waals surface area (Å²) >= 11 is 0. The van der Waals surface area contributed by atoms with E-state index in [1.54, 1.807) is 0 Å². The molecular weight excluding hydrogens is 384 g/mol. The zero-order valence-corrected chi connectivity index (χ0v) is 15.3. The molecule has 2 aromatic heterocycles. The quantitative estimate of drug-likeness (QED) is 0.548. The Balaban J connectivity index is 2.37. The minimum absolute atomic E-state index is 0.0670. The molecule has 2 aromatic rings. The van der Waals surface area contributed by atoms with Crippen LogP contribution in [0.2, 0.25) is 0 Å². The van der Waals surface area contributed by atoms with Crippen LogP contribution < -0.4 is 11.0 Å². The predicted octanol–water partition coefficient (Wildman–Crippen LogP) is 0.887. The summed E-state index contributed by atoms with van der Waals surface area (Å²) in [5.74, 6) is -2.72. The second-order valence-corrected chi connectivity index (χ2v) is 8.60. The van der Waals surface area contributed by atoms with Crippen molar-refractivity contribution < 1.29 is 27.2 Å². The number of hydrogen-bond acceptors (Lipinski definition) is 6. The van der Waals surface area contributed by atoms with Crippen LogP contribution in [0, 0.1) is 11.6 Å². The highest BCUT2D eigenvalue weighted by Crippen LogP contribution is 2.23. The van der Waals surface area contributed by atoms with Crippen LogP contribution in [-0.4, -0.2) is 40.1 Å². The van der Waals surface area contributed by atoms with E-state index in [1.165, 1.54) is 11.7 Å². The molecule has 0 aromatic carbocycles. The molecule has 0 aliphatic carbocycles. The molecule has 1 unspecified atom stereocenters. The second-order valence-electron chi connectivity index (χ2n) is 6.15. The molecule has 0 spiro atoms. The van der Waals surface area contributed by atoms with Gasteiger partial charge in [-0.2, -0.15) is 0 Å². The number of rotatable bonds is 6. The molecule has 1 amide bonds. The third-order valence-corrected chi connectivity index (χ3v) is 6.35. The molecule has 11 heteroatoms. The Bertz CT molecular complexity index is 1040. The zero-order chi connectivity index (χ0) is 20.4. The van der Waals surface area contributed by atoms with Gasteiger partial charge in [0.2, 0.25) is 0 Å². The number of carbonyl (C=O) groups excluding carboxylic acids is 1. The lowest BCUT2D eigenvalue weighted by Gasteiger charge is -2.25. The first-order valence-corrected chi connectivity index (χ1v) is 9.54. The van der Waals surface area contributed by atoms with Gasteiger partial charge in [0.25, 0.3) is 11.5 Å². The molecule has 2 heterocycles. The number of sulfone groups is 1. The first kappa shape index (κ1) is 20.6. The average Bonchev–Trinajstić information content (AvgIpc) is 2.60. The molecule has 0 saturated heterocycles. The zero-order valence-electron chi connectivity index (χ0n) is 14.4.